The lowest BCUT2D eigenvalue weighted by Crippen LogP contribution is -2.34. The number of ether oxygens (including phenoxy) is 2. The molecule has 0 spiro atoms. The van der Waals surface area contributed by atoms with Crippen LogP contribution in [0.1, 0.15) is 15.9 Å². The summed E-state index contributed by atoms with van der Waals surface area (Å²) < 4.78 is 23.4. The molecule has 136 valence electrons. The molecule has 0 unspecified atom stereocenters. The van der Waals surface area contributed by atoms with E-state index in [0.29, 0.717) is 5.75 Å². The van der Waals surface area contributed by atoms with Crippen LogP contribution < -0.4 is 10.1 Å². The smallest absolute Gasteiger partial charge is 0.310 e. The number of esters is 1. The van der Waals surface area contributed by atoms with E-state index in [1.165, 1.54) is 25.3 Å². The minimum absolute atomic E-state index is 0.0235. The van der Waals surface area contributed by atoms with Gasteiger partial charge in [-0.3, -0.25) is 19.7 Å². The maximum absolute atomic E-state index is 13.6. The van der Waals surface area contributed by atoms with Crippen LogP contribution in [-0.4, -0.2) is 31.5 Å². The maximum Gasteiger partial charge on any atom is 0.310 e. The van der Waals surface area contributed by atoms with Crippen LogP contribution in [0.4, 0.5) is 4.39 Å². The molecule has 2 aromatic carbocycles. The Morgan fingerprint density at radius 3 is 2.54 bits per heavy atom. The highest BCUT2D eigenvalue weighted by molar-refractivity contribution is 6.31. The zero-order chi connectivity index (χ0) is 19.1. The molecule has 0 bridgehead atoms. The van der Waals surface area contributed by atoms with Crippen molar-refractivity contribution in [1.29, 1.82) is 0 Å². The van der Waals surface area contributed by atoms with E-state index in [4.69, 9.17) is 21.1 Å². The molecule has 0 aliphatic rings. The third-order valence-corrected chi connectivity index (χ3v) is 3.71. The molecule has 26 heavy (non-hydrogen) atoms. The first-order valence-corrected chi connectivity index (χ1v) is 7.86. The Morgan fingerprint density at radius 1 is 1.12 bits per heavy atom. The van der Waals surface area contributed by atoms with Crippen molar-refractivity contribution in [2.24, 2.45) is 0 Å². The number of rotatable bonds is 6. The van der Waals surface area contributed by atoms with Gasteiger partial charge >= 0.3 is 5.97 Å². The fourth-order valence-electron chi connectivity index (χ4n) is 2.10. The second-order valence-corrected chi connectivity index (χ2v) is 5.52. The highest BCUT2D eigenvalue weighted by Crippen LogP contribution is 2.20. The molecule has 0 aromatic heterocycles. The lowest BCUT2D eigenvalue weighted by atomic mass is 10.1. The van der Waals surface area contributed by atoms with Gasteiger partial charge in [0.15, 0.2) is 6.61 Å². The van der Waals surface area contributed by atoms with Gasteiger partial charge in [0.05, 0.1) is 19.1 Å². The first kappa shape index (κ1) is 19.4. The summed E-state index contributed by atoms with van der Waals surface area (Å²) >= 11 is 5.82. The molecule has 2 amide bonds. The number of hydrogen-bond donors (Lipinski definition) is 1. The number of hydrogen-bond acceptors (Lipinski definition) is 5. The number of carbonyl (C=O) groups excluding carboxylic acids is 3. The molecule has 0 heterocycles. The molecular formula is C18H15ClFNO5. The van der Waals surface area contributed by atoms with Crippen LogP contribution >= 0.6 is 11.6 Å². The summed E-state index contributed by atoms with van der Waals surface area (Å²) in [5, 5.41) is 2.16. The van der Waals surface area contributed by atoms with E-state index in [1.807, 2.05) is 0 Å². The summed E-state index contributed by atoms with van der Waals surface area (Å²) in [4.78, 5) is 35.6. The van der Waals surface area contributed by atoms with E-state index < -0.39 is 36.6 Å². The Labute approximate surface area is 153 Å². The van der Waals surface area contributed by atoms with Gasteiger partial charge in [0, 0.05) is 10.6 Å². The fraction of sp³-hybridized carbons (Fsp3) is 0.167. The first-order valence-electron chi connectivity index (χ1n) is 7.48. The molecule has 0 saturated heterocycles. The van der Waals surface area contributed by atoms with Crippen molar-refractivity contribution in [2.45, 2.75) is 6.42 Å². The molecule has 0 atom stereocenters. The Morgan fingerprint density at radius 2 is 1.85 bits per heavy atom. The fourth-order valence-corrected chi connectivity index (χ4v) is 2.33. The summed E-state index contributed by atoms with van der Waals surface area (Å²) in [7, 11) is 1.39. The molecule has 8 heteroatoms. The van der Waals surface area contributed by atoms with Crippen LogP contribution in [0.5, 0.6) is 5.75 Å². The summed E-state index contributed by atoms with van der Waals surface area (Å²) in [6, 6.07) is 10.3. The van der Waals surface area contributed by atoms with E-state index in [-0.39, 0.29) is 16.1 Å². The van der Waals surface area contributed by atoms with E-state index >= 15 is 0 Å². The zero-order valence-corrected chi connectivity index (χ0v) is 14.5. The number of imide groups is 1. The molecule has 1 N–H and O–H groups in total. The summed E-state index contributed by atoms with van der Waals surface area (Å²) in [6.07, 6.45) is -0.431. The molecule has 0 aliphatic carbocycles. The predicted octanol–water partition coefficient (Wildman–Crippen LogP) is 2.53. The minimum atomic E-state index is -0.850. The monoisotopic (exact) mass is 379 g/mol. The normalized spacial score (nSPS) is 10.1. The Balaban J connectivity index is 1.88. The third-order valence-electron chi connectivity index (χ3n) is 3.35. The van der Waals surface area contributed by atoms with Crippen molar-refractivity contribution in [2.75, 3.05) is 13.7 Å². The standard InChI is InChI=1S/C18H15ClFNO5/c1-25-15-8-3-2-5-11(15)18(24)21-16(22)10-26-17(23)9-12-13(19)6-4-7-14(12)20/h2-8H,9-10H2,1H3,(H,21,22,24). The largest absolute Gasteiger partial charge is 0.496 e. The van der Waals surface area contributed by atoms with Gasteiger partial charge in [-0.2, -0.15) is 0 Å². The molecule has 6 nitrogen and oxygen atoms in total. The van der Waals surface area contributed by atoms with Crippen LogP contribution in [0.3, 0.4) is 0 Å². The number of nitrogens with one attached hydrogen (secondary N) is 1. The van der Waals surface area contributed by atoms with Crippen molar-refractivity contribution in [3.05, 3.63) is 64.4 Å². The number of para-hydroxylation sites is 1. The van der Waals surface area contributed by atoms with Crippen LogP contribution in [0.15, 0.2) is 42.5 Å². The predicted molar refractivity (Wildman–Crippen MR) is 91.5 cm³/mol. The Kier molecular flexibility index (Phi) is 6.68. The lowest BCUT2D eigenvalue weighted by molar-refractivity contribution is -0.147. The number of halogens is 2. The average molecular weight is 380 g/mol. The van der Waals surface area contributed by atoms with Crippen molar-refractivity contribution in [1.82, 2.24) is 5.32 Å². The molecule has 0 radical (unpaired) electrons. The van der Waals surface area contributed by atoms with Crippen molar-refractivity contribution < 1.29 is 28.2 Å². The third kappa shape index (κ3) is 5.03. The molecule has 0 fully saturated rings. The average Bonchev–Trinajstić information content (AvgIpc) is 2.63. The second-order valence-electron chi connectivity index (χ2n) is 5.12. The highest BCUT2D eigenvalue weighted by Gasteiger charge is 2.17. The van der Waals surface area contributed by atoms with Gasteiger partial charge in [0.1, 0.15) is 11.6 Å². The van der Waals surface area contributed by atoms with Crippen LogP contribution in [0, 0.1) is 5.82 Å². The number of methoxy groups -OCH3 is 1. The molecular weight excluding hydrogens is 365 g/mol. The van der Waals surface area contributed by atoms with Gasteiger partial charge in [0.2, 0.25) is 0 Å². The SMILES string of the molecule is COc1ccccc1C(=O)NC(=O)COC(=O)Cc1c(F)cccc1Cl. The molecule has 0 saturated carbocycles. The van der Waals surface area contributed by atoms with Gasteiger partial charge in [-0.1, -0.05) is 29.8 Å². The van der Waals surface area contributed by atoms with Crippen molar-refractivity contribution in [3.63, 3.8) is 0 Å². The Hall–Kier alpha value is -2.93. The number of amides is 2. The zero-order valence-electron chi connectivity index (χ0n) is 13.8. The molecule has 2 aromatic rings. The van der Waals surface area contributed by atoms with E-state index in [9.17, 15) is 18.8 Å². The Bertz CT molecular complexity index is 820. The van der Waals surface area contributed by atoms with Gasteiger partial charge in [0.25, 0.3) is 11.8 Å². The first-order chi connectivity index (χ1) is 12.4. The molecule has 2 rings (SSSR count). The number of carbonyl (C=O) groups is 3. The number of benzene rings is 2. The topological polar surface area (TPSA) is 81.7 Å². The quantitative estimate of drug-likeness (QED) is 0.780. The van der Waals surface area contributed by atoms with Gasteiger partial charge in [-0.25, -0.2) is 4.39 Å². The second kappa shape index (κ2) is 8.96. The summed E-state index contributed by atoms with van der Waals surface area (Å²) in [5.74, 6) is -2.72. The van der Waals surface area contributed by atoms with Gasteiger partial charge < -0.3 is 9.47 Å². The summed E-state index contributed by atoms with van der Waals surface area (Å²) in [6.45, 7) is -0.689. The highest BCUT2D eigenvalue weighted by atomic mass is 35.5. The van der Waals surface area contributed by atoms with Gasteiger partial charge in [-0.05, 0) is 24.3 Å². The van der Waals surface area contributed by atoms with E-state index in [0.717, 1.165) is 6.07 Å². The lowest BCUT2D eigenvalue weighted by Gasteiger charge is -2.09. The van der Waals surface area contributed by atoms with E-state index in [1.54, 1.807) is 18.2 Å². The van der Waals surface area contributed by atoms with E-state index in [2.05, 4.69) is 5.32 Å². The summed E-state index contributed by atoms with van der Waals surface area (Å²) in [5.41, 5.74) is 0.137. The molecule has 0 aliphatic heterocycles. The van der Waals surface area contributed by atoms with Gasteiger partial charge in [-0.15, -0.1) is 0 Å². The maximum atomic E-state index is 13.6. The minimum Gasteiger partial charge on any atom is -0.496 e. The van der Waals surface area contributed by atoms with Crippen molar-refractivity contribution in [3.8, 4) is 5.75 Å². The van der Waals surface area contributed by atoms with Crippen LogP contribution in [0.25, 0.3) is 0 Å². The van der Waals surface area contributed by atoms with Crippen LogP contribution in [-0.2, 0) is 20.7 Å². The van der Waals surface area contributed by atoms with Crippen LogP contribution in [0.2, 0.25) is 5.02 Å². The van der Waals surface area contributed by atoms with Crippen molar-refractivity contribution >= 4 is 29.4 Å².